The molecule has 0 amide bonds. The van der Waals surface area contributed by atoms with Gasteiger partial charge in [-0.05, 0) is 67.7 Å². The maximum Gasteiger partial charge on any atom is 0.348 e. The molecule has 6 atom stereocenters. The molecule has 332 valence electrons. The molecule has 0 bridgehead atoms. The molecule has 62 heavy (non-hydrogen) atoms. The third-order valence-electron chi connectivity index (χ3n) is 12.7. The van der Waals surface area contributed by atoms with Crippen molar-refractivity contribution in [3.05, 3.63) is 94.9 Å². The number of esters is 6. The molecule has 5 fully saturated rings. The van der Waals surface area contributed by atoms with Gasteiger partial charge in [-0.1, -0.05) is 71.1 Å². The van der Waals surface area contributed by atoms with E-state index in [0.717, 1.165) is 25.7 Å². The first-order valence-corrected chi connectivity index (χ1v) is 21.1. The third kappa shape index (κ3) is 8.68. The van der Waals surface area contributed by atoms with Gasteiger partial charge in [0.1, 0.15) is 22.3 Å². The molecule has 16 heteroatoms. The van der Waals surface area contributed by atoms with E-state index in [1.165, 1.54) is 60.8 Å². The summed E-state index contributed by atoms with van der Waals surface area (Å²) in [6, 6.07) is 0. The van der Waals surface area contributed by atoms with Crippen LogP contribution in [0.3, 0.4) is 0 Å². The van der Waals surface area contributed by atoms with Gasteiger partial charge in [0.2, 0.25) is 0 Å². The summed E-state index contributed by atoms with van der Waals surface area (Å²) in [6.07, 6.45) is 17.1. The van der Waals surface area contributed by atoms with E-state index in [9.17, 15) is 39.0 Å². The molecule has 2 N–H and O–H groups in total. The van der Waals surface area contributed by atoms with Crippen molar-refractivity contribution in [3.63, 3.8) is 0 Å². The average Bonchev–Trinajstić information content (AvgIpc) is 3.18. The van der Waals surface area contributed by atoms with Crippen LogP contribution >= 0.6 is 0 Å². The lowest BCUT2D eigenvalue weighted by molar-refractivity contribution is -0.291. The monoisotopic (exact) mass is 860 g/mol. The summed E-state index contributed by atoms with van der Waals surface area (Å²) in [4.78, 5) is 77.7. The van der Waals surface area contributed by atoms with Crippen molar-refractivity contribution < 1.29 is 76.9 Å². The Morgan fingerprint density at radius 2 is 0.903 bits per heavy atom. The van der Waals surface area contributed by atoms with Crippen LogP contribution in [0.1, 0.15) is 98.8 Å². The Kier molecular flexibility index (Phi) is 12.1. The van der Waals surface area contributed by atoms with Gasteiger partial charge in [0, 0.05) is 50.4 Å². The molecule has 0 aromatic heterocycles. The Balaban J connectivity index is 0.906. The summed E-state index contributed by atoms with van der Waals surface area (Å²) in [5, 5.41) is 21.3. The average molecular weight is 861 g/mol. The molecule has 2 saturated heterocycles. The van der Waals surface area contributed by atoms with Gasteiger partial charge in [-0.3, -0.25) is 0 Å². The van der Waals surface area contributed by atoms with Crippen molar-refractivity contribution in [1.82, 2.24) is 0 Å². The van der Waals surface area contributed by atoms with Crippen molar-refractivity contribution >= 4 is 35.8 Å². The van der Waals surface area contributed by atoms with Gasteiger partial charge < -0.3 is 48.1 Å². The van der Waals surface area contributed by atoms with Crippen molar-refractivity contribution in [2.75, 3.05) is 0 Å². The van der Waals surface area contributed by atoms with Crippen LogP contribution in [0.5, 0.6) is 0 Å². The predicted molar refractivity (Wildman–Crippen MR) is 214 cm³/mol. The van der Waals surface area contributed by atoms with Crippen LogP contribution in [0.2, 0.25) is 0 Å². The molecular formula is C46H52O16. The molecule has 16 nitrogen and oxygen atoms in total. The van der Waals surface area contributed by atoms with Crippen molar-refractivity contribution in [1.29, 1.82) is 0 Å². The predicted octanol–water partition coefficient (Wildman–Crippen LogP) is 6.86. The van der Waals surface area contributed by atoms with E-state index in [1.54, 1.807) is 0 Å². The number of carbonyl (C=O) groups excluding carboxylic acids is 6. The van der Waals surface area contributed by atoms with E-state index >= 15 is 0 Å². The van der Waals surface area contributed by atoms with E-state index in [1.807, 2.05) is 34.6 Å². The molecule has 0 aromatic rings. The van der Waals surface area contributed by atoms with E-state index < -0.39 is 82.0 Å². The summed E-state index contributed by atoms with van der Waals surface area (Å²) < 4.78 is 45.4. The maximum atomic E-state index is 13.0. The highest BCUT2D eigenvalue weighted by atomic mass is 16.8. The minimum atomic E-state index is -1.68. The first kappa shape index (κ1) is 44.0. The second-order valence-corrected chi connectivity index (χ2v) is 17.6. The fourth-order valence-electron chi connectivity index (χ4n) is 9.21. The first-order chi connectivity index (χ1) is 29.4. The Bertz CT molecular complexity index is 2110. The summed E-state index contributed by atoms with van der Waals surface area (Å²) in [7, 11) is 0. The van der Waals surface area contributed by atoms with Crippen LogP contribution in [0.4, 0.5) is 0 Å². The second kappa shape index (κ2) is 17.0. The van der Waals surface area contributed by atoms with E-state index in [0.29, 0.717) is 12.8 Å². The molecule has 7 rings (SSSR count). The molecule has 0 radical (unpaired) electrons. The minimum Gasteiger partial charge on any atom is -0.480 e. The number of ether oxygens (including phenoxy) is 8. The largest absolute Gasteiger partial charge is 0.480 e. The van der Waals surface area contributed by atoms with Gasteiger partial charge >= 0.3 is 35.8 Å². The molecule has 7 aliphatic rings. The molecule has 4 heterocycles. The molecule has 4 aliphatic heterocycles. The zero-order valence-electron chi connectivity index (χ0n) is 35.3. The van der Waals surface area contributed by atoms with Gasteiger partial charge in [0.15, 0.2) is 0 Å². The summed E-state index contributed by atoms with van der Waals surface area (Å²) in [5.41, 5.74) is -1.16. The second-order valence-electron chi connectivity index (χ2n) is 17.6. The van der Waals surface area contributed by atoms with Crippen molar-refractivity contribution in [2.24, 2.45) is 29.6 Å². The quantitative estimate of drug-likeness (QED) is 0.0879. The van der Waals surface area contributed by atoms with Crippen LogP contribution in [-0.2, 0) is 66.7 Å². The fourth-order valence-corrected chi connectivity index (χ4v) is 9.21. The van der Waals surface area contributed by atoms with E-state index in [-0.39, 0.29) is 66.4 Å². The fraction of sp³-hybridized carbons (Fsp3) is 0.522. The standard InChI is InChI=1S/C46H52O16/c1-26(2)34-19-17-28(4)25-46(34)61-41(53)33(42(54)62-46)15-11-7-9-13-31-37(49)57-44(58-38(31)50)22-20-43(21-23-44)55-35(47)30(36(48)56-43)12-8-6-10-14-32-39(51)59-45(60-40(32)52)24-27(3)16-18-29(45)5/h6-15,26-29,34,51,53H,16-25H2,1-5H3/b8-6+,9-7?,14-10+,15-11?,30-12?,31-13?. The van der Waals surface area contributed by atoms with Crippen LogP contribution in [0, 0.1) is 29.6 Å². The molecule has 4 spiro atoms. The van der Waals surface area contributed by atoms with Crippen molar-refractivity contribution in [2.45, 2.75) is 122 Å². The molecule has 6 unspecified atom stereocenters. The number of rotatable bonds is 7. The number of aliphatic hydroxyl groups excluding tert-OH is 2. The lowest BCUT2D eigenvalue weighted by atomic mass is 9.72. The first-order valence-electron chi connectivity index (χ1n) is 21.1. The maximum absolute atomic E-state index is 13.0. The SMILES string of the molecule is CC1CCC(C)C2(C1)OC(=O)C(/C=C/C=C/C=C1C(=O)OC3(CCC4(CC3)OC(=O)C(=CC=CC=CC3=C(O)OC5(CC(C)CCC5C(C)C)OC3=O)C(=O)O4)OC1=O)=C(O)O2. The van der Waals surface area contributed by atoms with E-state index in [4.69, 9.17) is 37.9 Å². The van der Waals surface area contributed by atoms with Crippen LogP contribution in [0.15, 0.2) is 94.9 Å². The zero-order chi connectivity index (χ0) is 44.6. The van der Waals surface area contributed by atoms with Gasteiger partial charge in [-0.25, -0.2) is 28.8 Å². The van der Waals surface area contributed by atoms with Gasteiger partial charge in [-0.2, -0.15) is 0 Å². The number of aliphatic hydroxyl groups is 2. The summed E-state index contributed by atoms with van der Waals surface area (Å²) in [5.74, 6) is -11.7. The number of hydrogen-bond acceptors (Lipinski definition) is 16. The lowest BCUT2D eigenvalue weighted by Crippen LogP contribution is -2.56. The Morgan fingerprint density at radius 1 is 0.500 bits per heavy atom. The van der Waals surface area contributed by atoms with Crippen LogP contribution in [0.25, 0.3) is 0 Å². The highest BCUT2D eigenvalue weighted by molar-refractivity contribution is 6.16. The number of carbonyl (C=O) groups is 6. The van der Waals surface area contributed by atoms with Crippen LogP contribution < -0.4 is 0 Å². The third-order valence-corrected chi connectivity index (χ3v) is 12.7. The highest BCUT2D eigenvalue weighted by Gasteiger charge is 2.57. The smallest absolute Gasteiger partial charge is 0.348 e. The summed E-state index contributed by atoms with van der Waals surface area (Å²) >= 11 is 0. The molecule has 0 aromatic carbocycles. The molecule has 3 aliphatic carbocycles. The van der Waals surface area contributed by atoms with Crippen molar-refractivity contribution in [3.8, 4) is 0 Å². The Morgan fingerprint density at radius 3 is 1.34 bits per heavy atom. The van der Waals surface area contributed by atoms with Gasteiger partial charge in [0.05, 0.1) is 0 Å². The van der Waals surface area contributed by atoms with Crippen LogP contribution in [-0.4, -0.2) is 69.2 Å². The molecular weight excluding hydrogens is 808 g/mol. The topological polar surface area (TPSA) is 217 Å². The van der Waals surface area contributed by atoms with Gasteiger partial charge in [0.25, 0.3) is 35.0 Å². The number of allylic oxidation sites excluding steroid dienone is 8. The normalized spacial score (nSPS) is 35.5. The number of hydrogen-bond donors (Lipinski definition) is 2. The summed E-state index contributed by atoms with van der Waals surface area (Å²) in [6.45, 7) is 10.0. The minimum absolute atomic E-state index is 0.0814. The zero-order valence-corrected chi connectivity index (χ0v) is 35.3. The van der Waals surface area contributed by atoms with E-state index in [2.05, 4.69) is 0 Å². The lowest BCUT2D eigenvalue weighted by Gasteiger charge is -2.47. The Hall–Kier alpha value is -6.06. The Labute approximate surface area is 358 Å². The molecule has 3 saturated carbocycles. The highest BCUT2D eigenvalue weighted by Crippen LogP contribution is 2.49. The van der Waals surface area contributed by atoms with Gasteiger partial charge in [-0.15, -0.1) is 0 Å².